The number of phenols is 1. The van der Waals surface area contributed by atoms with E-state index in [9.17, 15) is 28.4 Å². The van der Waals surface area contributed by atoms with Crippen LogP contribution in [-0.2, 0) is 6.18 Å². The first kappa shape index (κ1) is 17.3. The standard InChI is InChI=1S/C15H12F3N3O3/c1-9(11-4-2-3-5-14(11)22)19-20-12-7-6-10(15(16,17)18)8-13(12)21(23)24/h2-8,20,22H,1H3/b19-9+. The molecule has 0 aliphatic carbocycles. The number of rotatable bonds is 4. The van der Waals surface area contributed by atoms with Crippen molar-refractivity contribution in [2.75, 3.05) is 5.43 Å². The van der Waals surface area contributed by atoms with Crippen LogP contribution in [0.25, 0.3) is 0 Å². The molecule has 0 aliphatic rings. The molecule has 0 atom stereocenters. The van der Waals surface area contributed by atoms with Crippen LogP contribution in [0.1, 0.15) is 18.1 Å². The summed E-state index contributed by atoms with van der Waals surface area (Å²) in [6.07, 6.45) is -4.68. The Labute approximate surface area is 134 Å². The Bertz CT molecular complexity index is 804. The van der Waals surface area contributed by atoms with E-state index in [4.69, 9.17) is 0 Å². The van der Waals surface area contributed by atoms with Gasteiger partial charge in [-0.25, -0.2) is 0 Å². The summed E-state index contributed by atoms with van der Waals surface area (Å²) in [6.45, 7) is 1.54. The van der Waals surface area contributed by atoms with Crippen LogP contribution in [0.2, 0.25) is 0 Å². The molecule has 2 N–H and O–H groups in total. The number of hydrogen-bond donors (Lipinski definition) is 2. The highest BCUT2D eigenvalue weighted by Gasteiger charge is 2.33. The zero-order valence-electron chi connectivity index (χ0n) is 12.3. The Morgan fingerprint density at radius 2 is 1.92 bits per heavy atom. The van der Waals surface area contributed by atoms with Crippen molar-refractivity contribution in [1.82, 2.24) is 0 Å². The average molecular weight is 339 g/mol. The van der Waals surface area contributed by atoms with E-state index in [0.29, 0.717) is 17.3 Å². The molecule has 9 heteroatoms. The molecule has 0 unspecified atom stereocenters. The number of nitrogens with zero attached hydrogens (tertiary/aromatic N) is 2. The quantitative estimate of drug-likeness (QED) is 0.497. The predicted molar refractivity (Wildman–Crippen MR) is 82.0 cm³/mol. The zero-order valence-corrected chi connectivity index (χ0v) is 12.3. The van der Waals surface area contributed by atoms with Gasteiger partial charge in [0.1, 0.15) is 11.4 Å². The predicted octanol–water partition coefficient (Wildman–Crippen LogP) is 4.16. The normalized spacial score (nSPS) is 12.1. The number of hydrogen-bond acceptors (Lipinski definition) is 5. The lowest BCUT2D eigenvalue weighted by molar-refractivity contribution is -0.384. The third kappa shape index (κ3) is 3.80. The summed E-state index contributed by atoms with van der Waals surface area (Å²) in [6, 6.07) is 8.39. The highest BCUT2D eigenvalue weighted by molar-refractivity contribution is 6.01. The van der Waals surface area contributed by atoms with Crippen molar-refractivity contribution in [2.45, 2.75) is 13.1 Å². The summed E-state index contributed by atoms with van der Waals surface area (Å²) in [5.74, 6) is -0.0394. The van der Waals surface area contributed by atoms with E-state index in [1.165, 1.54) is 13.0 Å². The van der Waals surface area contributed by atoms with Crippen molar-refractivity contribution in [3.05, 3.63) is 63.7 Å². The van der Waals surface area contributed by atoms with Crippen molar-refractivity contribution < 1.29 is 23.2 Å². The summed E-state index contributed by atoms with van der Waals surface area (Å²) in [5.41, 5.74) is 0.996. The number of anilines is 1. The van der Waals surface area contributed by atoms with Crippen molar-refractivity contribution in [2.24, 2.45) is 5.10 Å². The minimum atomic E-state index is -4.68. The average Bonchev–Trinajstić information content (AvgIpc) is 2.51. The molecule has 0 spiro atoms. The Morgan fingerprint density at radius 3 is 2.50 bits per heavy atom. The van der Waals surface area contributed by atoms with Crippen LogP contribution >= 0.6 is 0 Å². The van der Waals surface area contributed by atoms with Gasteiger partial charge in [-0.1, -0.05) is 12.1 Å². The lowest BCUT2D eigenvalue weighted by atomic mass is 10.1. The van der Waals surface area contributed by atoms with E-state index in [1.807, 2.05) is 0 Å². The monoisotopic (exact) mass is 339 g/mol. The number of aromatic hydroxyl groups is 1. The molecule has 0 amide bonds. The molecule has 0 radical (unpaired) electrons. The van der Waals surface area contributed by atoms with Gasteiger partial charge >= 0.3 is 6.18 Å². The summed E-state index contributed by atoms with van der Waals surface area (Å²) in [4.78, 5) is 10.1. The van der Waals surface area contributed by atoms with Gasteiger partial charge in [0.05, 0.1) is 16.2 Å². The SMILES string of the molecule is C/C(=N\Nc1ccc(C(F)(F)F)cc1[N+](=O)[O-])c1ccccc1O. The zero-order chi connectivity index (χ0) is 17.9. The third-order valence-electron chi connectivity index (χ3n) is 3.16. The summed E-state index contributed by atoms with van der Waals surface area (Å²) in [5, 5.41) is 24.6. The Hall–Kier alpha value is -3.10. The highest BCUT2D eigenvalue weighted by Crippen LogP contribution is 2.35. The molecule has 0 aliphatic heterocycles. The van der Waals surface area contributed by atoms with Crippen LogP contribution in [-0.4, -0.2) is 15.7 Å². The maximum atomic E-state index is 12.6. The molecule has 0 heterocycles. The van der Waals surface area contributed by atoms with E-state index >= 15 is 0 Å². The first-order valence-electron chi connectivity index (χ1n) is 6.64. The molecule has 0 saturated heterocycles. The molecular weight excluding hydrogens is 327 g/mol. The smallest absolute Gasteiger partial charge is 0.416 e. The van der Waals surface area contributed by atoms with Crippen LogP contribution in [0.15, 0.2) is 47.6 Å². The number of para-hydroxylation sites is 1. The fourth-order valence-corrected chi connectivity index (χ4v) is 1.94. The number of hydrazone groups is 1. The fourth-order valence-electron chi connectivity index (χ4n) is 1.94. The summed E-state index contributed by atoms with van der Waals surface area (Å²) < 4.78 is 37.9. The molecule has 2 aromatic rings. The van der Waals surface area contributed by atoms with Crippen LogP contribution in [0.3, 0.4) is 0 Å². The van der Waals surface area contributed by atoms with Gasteiger partial charge in [-0.15, -0.1) is 0 Å². The van der Waals surface area contributed by atoms with Crippen molar-refractivity contribution in [3.63, 3.8) is 0 Å². The Morgan fingerprint density at radius 1 is 1.25 bits per heavy atom. The van der Waals surface area contributed by atoms with Gasteiger partial charge in [0.2, 0.25) is 0 Å². The molecular formula is C15H12F3N3O3. The molecule has 0 bridgehead atoms. The molecule has 2 aromatic carbocycles. The molecule has 126 valence electrons. The third-order valence-corrected chi connectivity index (χ3v) is 3.16. The first-order chi connectivity index (χ1) is 11.2. The molecule has 0 aromatic heterocycles. The van der Waals surface area contributed by atoms with E-state index < -0.39 is 22.4 Å². The Kier molecular flexibility index (Phi) is 4.72. The van der Waals surface area contributed by atoms with Gasteiger partial charge in [0, 0.05) is 11.6 Å². The van der Waals surface area contributed by atoms with E-state index in [0.717, 1.165) is 12.1 Å². The maximum Gasteiger partial charge on any atom is 0.416 e. The summed E-state index contributed by atoms with van der Waals surface area (Å²) in [7, 11) is 0. The second-order valence-corrected chi connectivity index (χ2v) is 4.81. The molecule has 6 nitrogen and oxygen atoms in total. The number of halogens is 3. The van der Waals surface area contributed by atoms with Gasteiger partial charge in [0.15, 0.2) is 0 Å². The maximum absolute atomic E-state index is 12.6. The van der Waals surface area contributed by atoms with Gasteiger partial charge in [-0.05, 0) is 31.2 Å². The molecule has 0 saturated carbocycles. The largest absolute Gasteiger partial charge is 0.507 e. The van der Waals surface area contributed by atoms with E-state index in [-0.39, 0.29) is 11.4 Å². The van der Waals surface area contributed by atoms with Crippen molar-refractivity contribution >= 4 is 17.1 Å². The van der Waals surface area contributed by atoms with Crippen molar-refractivity contribution in [3.8, 4) is 5.75 Å². The Balaban J connectivity index is 2.34. The molecule has 2 rings (SSSR count). The second-order valence-electron chi connectivity index (χ2n) is 4.81. The second kappa shape index (κ2) is 6.57. The van der Waals surface area contributed by atoms with Crippen LogP contribution in [0.5, 0.6) is 5.75 Å². The van der Waals surface area contributed by atoms with Crippen LogP contribution in [0, 0.1) is 10.1 Å². The lowest BCUT2D eigenvalue weighted by Gasteiger charge is -2.09. The number of alkyl halides is 3. The van der Waals surface area contributed by atoms with Gasteiger partial charge < -0.3 is 5.11 Å². The van der Waals surface area contributed by atoms with Gasteiger partial charge in [0.25, 0.3) is 5.69 Å². The number of nitrogens with one attached hydrogen (secondary N) is 1. The van der Waals surface area contributed by atoms with E-state index in [1.54, 1.807) is 18.2 Å². The van der Waals surface area contributed by atoms with Crippen LogP contribution < -0.4 is 5.43 Å². The molecule has 24 heavy (non-hydrogen) atoms. The highest BCUT2D eigenvalue weighted by atomic mass is 19.4. The fraction of sp³-hybridized carbons (Fsp3) is 0.133. The van der Waals surface area contributed by atoms with Gasteiger partial charge in [-0.3, -0.25) is 15.5 Å². The van der Waals surface area contributed by atoms with Gasteiger partial charge in [-0.2, -0.15) is 18.3 Å². The van der Waals surface area contributed by atoms with E-state index in [2.05, 4.69) is 10.5 Å². The van der Waals surface area contributed by atoms with Crippen LogP contribution in [0.4, 0.5) is 24.5 Å². The number of nitro benzene ring substituents is 1. The minimum absolute atomic E-state index is 0.0394. The van der Waals surface area contributed by atoms with Crippen molar-refractivity contribution in [1.29, 1.82) is 0 Å². The molecule has 0 fully saturated rings. The first-order valence-corrected chi connectivity index (χ1v) is 6.64. The lowest BCUT2D eigenvalue weighted by Crippen LogP contribution is -2.07. The number of benzene rings is 2. The summed E-state index contributed by atoms with van der Waals surface area (Å²) >= 11 is 0. The topological polar surface area (TPSA) is 87.8 Å². The number of phenolic OH excluding ortho intramolecular Hbond substituents is 1. The number of nitro groups is 1. The minimum Gasteiger partial charge on any atom is -0.507 e.